The predicted molar refractivity (Wildman–Crippen MR) is 69.4 cm³/mol. The molecule has 0 spiro atoms. The van der Waals surface area contributed by atoms with Crippen LogP contribution < -0.4 is 14.8 Å². The fourth-order valence-corrected chi connectivity index (χ4v) is 2.60. The summed E-state index contributed by atoms with van der Waals surface area (Å²) >= 11 is 6.27. The van der Waals surface area contributed by atoms with Gasteiger partial charge >= 0.3 is 0 Å². The lowest BCUT2D eigenvalue weighted by atomic mass is 9.97. The van der Waals surface area contributed by atoms with E-state index in [-0.39, 0.29) is 12.4 Å². The van der Waals surface area contributed by atoms with Crippen LogP contribution in [0.1, 0.15) is 30.9 Å². The molecule has 1 N–H and O–H groups in total. The number of hydrogen-bond donors (Lipinski definition) is 1. The number of rotatable bonds is 1. The number of halogens is 2. The molecule has 2 aliphatic rings. The van der Waals surface area contributed by atoms with Crippen molar-refractivity contribution in [3.8, 4) is 11.5 Å². The number of benzene rings is 1. The fourth-order valence-electron chi connectivity index (χ4n) is 2.32. The number of ether oxygens (including phenoxy) is 2. The van der Waals surface area contributed by atoms with E-state index in [0.717, 1.165) is 35.1 Å². The Hall–Kier alpha value is -0.640. The molecule has 0 unspecified atom stereocenters. The zero-order valence-corrected chi connectivity index (χ0v) is 10.9. The van der Waals surface area contributed by atoms with Gasteiger partial charge in [0.05, 0.1) is 0 Å². The fraction of sp³-hybridized carbons (Fsp3) is 0.500. The number of nitrogens with one attached hydrogen (secondary N) is 1. The van der Waals surface area contributed by atoms with Gasteiger partial charge in [-0.1, -0.05) is 18.0 Å². The number of piperidine rings is 1. The third-order valence-electron chi connectivity index (χ3n) is 3.18. The zero-order valence-electron chi connectivity index (χ0n) is 9.37. The van der Waals surface area contributed by atoms with E-state index in [1.54, 1.807) is 0 Å². The zero-order chi connectivity index (χ0) is 11.0. The minimum atomic E-state index is 0. The van der Waals surface area contributed by atoms with Crippen LogP contribution in [0.5, 0.6) is 11.5 Å². The van der Waals surface area contributed by atoms with E-state index in [0.29, 0.717) is 12.8 Å². The van der Waals surface area contributed by atoms with Gasteiger partial charge in [-0.25, -0.2) is 0 Å². The third-order valence-corrected chi connectivity index (χ3v) is 3.50. The molecule has 1 aromatic carbocycles. The minimum absolute atomic E-state index is 0. The van der Waals surface area contributed by atoms with Crippen LogP contribution in [0.3, 0.4) is 0 Å². The van der Waals surface area contributed by atoms with Gasteiger partial charge in [-0.05, 0) is 31.0 Å². The normalized spacial score (nSPS) is 22.1. The maximum Gasteiger partial charge on any atom is 0.231 e. The van der Waals surface area contributed by atoms with Gasteiger partial charge in [0.2, 0.25) is 6.79 Å². The smallest absolute Gasteiger partial charge is 0.231 e. The molecular weight excluding hydrogens is 261 g/mol. The SMILES string of the molecule is Cl.Clc1cc2c(cc1[C@@H]1CCCCN1)OCO2. The lowest BCUT2D eigenvalue weighted by molar-refractivity contribution is 0.174. The third kappa shape index (κ3) is 2.46. The lowest BCUT2D eigenvalue weighted by Crippen LogP contribution is -2.26. The van der Waals surface area contributed by atoms with Crippen LogP contribution in [0.2, 0.25) is 5.02 Å². The van der Waals surface area contributed by atoms with E-state index in [9.17, 15) is 0 Å². The van der Waals surface area contributed by atoms with Gasteiger partial charge in [-0.2, -0.15) is 0 Å². The molecule has 2 heterocycles. The highest BCUT2D eigenvalue weighted by Crippen LogP contribution is 2.40. The Bertz CT molecular complexity index is 406. The second-order valence-electron chi connectivity index (χ2n) is 4.23. The van der Waals surface area contributed by atoms with Crippen LogP contribution >= 0.6 is 24.0 Å². The summed E-state index contributed by atoms with van der Waals surface area (Å²) in [5.41, 5.74) is 1.13. The van der Waals surface area contributed by atoms with Crippen molar-refractivity contribution in [2.24, 2.45) is 0 Å². The molecule has 17 heavy (non-hydrogen) atoms. The van der Waals surface area contributed by atoms with Gasteiger partial charge in [-0.15, -0.1) is 12.4 Å². The standard InChI is InChI=1S/C12H14ClNO2.ClH/c13-9-6-12-11(15-7-16-12)5-8(9)10-3-1-2-4-14-10;/h5-6,10,14H,1-4,7H2;1H/t10-;/m0./s1. The molecule has 1 aromatic rings. The van der Waals surface area contributed by atoms with Crippen LogP contribution in [0.25, 0.3) is 0 Å². The van der Waals surface area contributed by atoms with Crippen molar-refractivity contribution in [1.82, 2.24) is 5.32 Å². The van der Waals surface area contributed by atoms with Gasteiger partial charge in [0.1, 0.15) is 0 Å². The summed E-state index contributed by atoms with van der Waals surface area (Å²) < 4.78 is 10.7. The van der Waals surface area contributed by atoms with E-state index < -0.39 is 0 Å². The molecule has 0 radical (unpaired) electrons. The maximum atomic E-state index is 6.27. The van der Waals surface area contributed by atoms with E-state index in [2.05, 4.69) is 5.32 Å². The molecule has 1 fully saturated rings. The van der Waals surface area contributed by atoms with Crippen molar-refractivity contribution in [3.63, 3.8) is 0 Å². The van der Waals surface area contributed by atoms with E-state index >= 15 is 0 Å². The minimum Gasteiger partial charge on any atom is -0.454 e. The highest BCUT2D eigenvalue weighted by atomic mass is 35.5. The van der Waals surface area contributed by atoms with E-state index in [1.807, 2.05) is 12.1 Å². The second kappa shape index (κ2) is 5.34. The molecule has 0 aliphatic carbocycles. The molecule has 0 aromatic heterocycles. The highest BCUT2D eigenvalue weighted by Gasteiger charge is 2.22. The molecule has 1 saturated heterocycles. The summed E-state index contributed by atoms with van der Waals surface area (Å²) in [6.07, 6.45) is 3.64. The Morgan fingerprint density at radius 1 is 1.18 bits per heavy atom. The summed E-state index contributed by atoms with van der Waals surface area (Å²) in [7, 11) is 0. The predicted octanol–water partition coefficient (Wildman–Crippen LogP) is 3.31. The van der Waals surface area contributed by atoms with Gasteiger partial charge in [0.25, 0.3) is 0 Å². The first-order valence-corrected chi connectivity index (χ1v) is 6.05. The summed E-state index contributed by atoms with van der Waals surface area (Å²) in [5.74, 6) is 1.57. The maximum absolute atomic E-state index is 6.27. The summed E-state index contributed by atoms with van der Waals surface area (Å²) in [4.78, 5) is 0. The quantitative estimate of drug-likeness (QED) is 0.853. The van der Waals surface area contributed by atoms with E-state index in [4.69, 9.17) is 21.1 Å². The van der Waals surface area contributed by atoms with Crippen LogP contribution in [0, 0.1) is 0 Å². The van der Waals surface area contributed by atoms with Crippen LogP contribution in [0.15, 0.2) is 12.1 Å². The molecule has 5 heteroatoms. The monoisotopic (exact) mass is 275 g/mol. The Morgan fingerprint density at radius 3 is 2.65 bits per heavy atom. The first-order chi connectivity index (χ1) is 7.84. The van der Waals surface area contributed by atoms with Crippen molar-refractivity contribution in [3.05, 3.63) is 22.7 Å². The lowest BCUT2D eigenvalue weighted by Gasteiger charge is -2.24. The molecule has 2 aliphatic heterocycles. The summed E-state index contributed by atoms with van der Waals surface area (Å²) in [6, 6.07) is 4.22. The van der Waals surface area contributed by atoms with Crippen molar-refractivity contribution >= 4 is 24.0 Å². The van der Waals surface area contributed by atoms with Crippen LogP contribution in [-0.4, -0.2) is 13.3 Å². The summed E-state index contributed by atoms with van der Waals surface area (Å²) in [5, 5.41) is 4.25. The van der Waals surface area contributed by atoms with E-state index in [1.165, 1.54) is 12.8 Å². The Labute approximate surface area is 112 Å². The van der Waals surface area contributed by atoms with Crippen molar-refractivity contribution in [2.75, 3.05) is 13.3 Å². The molecule has 0 saturated carbocycles. The average Bonchev–Trinajstić information content (AvgIpc) is 2.76. The Kier molecular flexibility index (Phi) is 4.02. The average molecular weight is 276 g/mol. The number of fused-ring (bicyclic) bond motifs is 1. The summed E-state index contributed by atoms with van der Waals surface area (Å²) in [6.45, 7) is 1.36. The number of hydrogen-bond acceptors (Lipinski definition) is 3. The van der Waals surface area contributed by atoms with Crippen molar-refractivity contribution in [2.45, 2.75) is 25.3 Å². The molecule has 1 atom stereocenters. The molecule has 94 valence electrons. The first-order valence-electron chi connectivity index (χ1n) is 5.67. The Balaban J connectivity index is 0.00000108. The van der Waals surface area contributed by atoms with Crippen LogP contribution in [-0.2, 0) is 0 Å². The molecule has 3 rings (SSSR count). The second-order valence-corrected chi connectivity index (χ2v) is 4.64. The first kappa shape index (κ1) is 12.8. The molecule has 0 bridgehead atoms. The Morgan fingerprint density at radius 2 is 1.94 bits per heavy atom. The van der Waals surface area contributed by atoms with Crippen LogP contribution in [0.4, 0.5) is 0 Å². The van der Waals surface area contributed by atoms with Crippen molar-refractivity contribution in [1.29, 1.82) is 0 Å². The largest absolute Gasteiger partial charge is 0.454 e. The van der Waals surface area contributed by atoms with Gasteiger partial charge in [-0.3, -0.25) is 0 Å². The van der Waals surface area contributed by atoms with Crippen molar-refractivity contribution < 1.29 is 9.47 Å². The highest BCUT2D eigenvalue weighted by molar-refractivity contribution is 6.31. The van der Waals surface area contributed by atoms with Gasteiger partial charge in [0.15, 0.2) is 11.5 Å². The molecular formula is C12H15Cl2NO2. The van der Waals surface area contributed by atoms with Gasteiger partial charge in [0, 0.05) is 17.1 Å². The van der Waals surface area contributed by atoms with Gasteiger partial charge < -0.3 is 14.8 Å². The molecule has 0 amide bonds. The molecule has 3 nitrogen and oxygen atoms in total. The topological polar surface area (TPSA) is 30.5 Å².